The molecule has 1 aromatic carbocycles. The van der Waals surface area contributed by atoms with Crippen LogP contribution in [0.1, 0.15) is 11.6 Å². The predicted octanol–water partition coefficient (Wildman–Crippen LogP) is 1.70. The number of aliphatic hydroxyl groups is 1. The third-order valence-corrected chi connectivity index (χ3v) is 3.87. The highest BCUT2D eigenvalue weighted by atomic mass is 35.5. The van der Waals surface area contributed by atoms with E-state index in [1.807, 2.05) is 0 Å². The van der Waals surface area contributed by atoms with E-state index in [9.17, 15) is 13.9 Å². The van der Waals surface area contributed by atoms with Crippen molar-refractivity contribution in [2.45, 2.75) is 12.0 Å². The fourth-order valence-corrected chi connectivity index (χ4v) is 2.84. The SMILES string of the molecule is COc1cccc(OC)c1[C@@H](N1CCNCC1)C(F)(F)CO.Cl. The first-order valence-corrected chi connectivity index (χ1v) is 7.19. The lowest BCUT2D eigenvalue weighted by molar-refractivity contribution is -0.119. The second kappa shape index (κ2) is 8.63. The highest BCUT2D eigenvalue weighted by Crippen LogP contribution is 2.44. The lowest BCUT2D eigenvalue weighted by Crippen LogP contribution is -2.51. The Balaban J connectivity index is 0.00000264. The quantitative estimate of drug-likeness (QED) is 0.816. The van der Waals surface area contributed by atoms with E-state index in [4.69, 9.17) is 9.47 Å². The number of nitrogens with zero attached hydrogens (tertiary/aromatic N) is 1. The van der Waals surface area contributed by atoms with E-state index in [1.165, 1.54) is 14.2 Å². The summed E-state index contributed by atoms with van der Waals surface area (Å²) in [5.41, 5.74) is 0.272. The highest BCUT2D eigenvalue weighted by molar-refractivity contribution is 5.85. The second-order valence-corrected chi connectivity index (χ2v) is 5.18. The van der Waals surface area contributed by atoms with Gasteiger partial charge in [0.2, 0.25) is 0 Å². The van der Waals surface area contributed by atoms with Crippen LogP contribution in [0.3, 0.4) is 0 Å². The summed E-state index contributed by atoms with van der Waals surface area (Å²) < 4.78 is 39.5. The van der Waals surface area contributed by atoms with Crippen molar-refractivity contribution < 1.29 is 23.4 Å². The van der Waals surface area contributed by atoms with E-state index in [1.54, 1.807) is 23.1 Å². The maximum atomic E-state index is 14.5. The molecule has 2 rings (SSSR count). The number of benzene rings is 1. The van der Waals surface area contributed by atoms with Gasteiger partial charge in [0.15, 0.2) is 0 Å². The number of ether oxygens (including phenoxy) is 2. The first kappa shape index (κ1) is 19.9. The molecule has 0 amide bonds. The second-order valence-electron chi connectivity index (χ2n) is 5.18. The first-order chi connectivity index (χ1) is 10.5. The van der Waals surface area contributed by atoms with E-state index < -0.39 is 18.6 Å². The minimum atomic E-state index is -3.31. The fourth-order valence-electron chi connectivity index (χ4n) is 2.84. The molecule has 1 heterocycles. The van der Waals surface area contributed by atoms with E-state index in [0.717, 1.165) is 0 Å². The number of hydrogen-bond acceptors (Lipinski definition) is 5. The zero-order valence-corrected chi connectivity index (χ0v) is 14.0. The summed E-state index contributed by atoms with van der Waals surface area (Å²) in [6, 6.07) is 3.64. The first-order valence-electron chi connectivity index (χ1n) is 7.19. The molecule has 132 valence electrons. The minimum absolute atomic E-state index is 0. The van der Waals surface area contributed by atoms with E-state index in [-0.39, 0.29) is 18.0 Å². The molecule has 23 heavy (non-hydrogen) atoms. The number of nitrogens with one attached hydrogen (secondary N) is 1. The molecule has 1 atom stereocenters. The minimum Gasteiger partial charge on any atom is -0.496 e. The van der Waals surface area contributed by atoms with Gasteiger partial charge in [-0.15, -0.1) is 12.4 Å². The topological polar surface area (TPSA) is 54.0 Å². The average Bonchev–Trinajstić information content (AvgIpc) is 2.56. The smallest absolute Gasteiger partial charge is 0.290 e. The average molecular weight is 353 g/mol. The molecule has 0 bridgehead atoms. The molecule has 0 aliphatic carbocycles. The van der Waals surface area contributed by atoms with Gasteiger partial charge in [-0.1, -0.05) is 6.07 Å². The summed E-state index contributed by atoms with van der Waals surface area (Å²) in [6.07, 6.45) is 0. The summed E-state index contributed by atoms with van der Waals surface area (Å²) in [5.74, 6) is -2.65. The fraction of sp³-hybridized carbons (Fsp3) is 0.600. The zero-order chi connectivity index (χ0) is 16.2. The molecule has 0 radical (unpaired) electrons. The molecule has 5 nitrogen and oxygen atoms in total. The summed E-state index contributed by atoms with van der Waals surface area (Å²) in [6.45, 7) is 0.927. The molecule has 1 aromatic rings. The summed E-state index contributed by atoms with van der Waals surface area (Å²) in [5, 5.41) is 12.3. The summed E-state index contributed by atoms with van der Waals surface area (Å²) in [4.78, 5) is 1.66. The maximum absolute atomic E-state index is 14.5. The van der Waals surface area contributed by atoms with Gasteiger partial charge in [0.1, 0.15) is 24.1 Å². The standard InChI is InChI=1S/C15H22F2N2O3.ClH/c1-21-11-4-3-5-12(22-2)13(11)14(15(16,17)10-20)19-8-6-18-7-9-19;/h3-5,14,18,20H,6-10H2,1-2H3;1H/t14-;/m1./s1. The summed E-state index contributed by atoms with van der Waals surface area (Å²) >= 11 is 0. The van der Waals surface area contributed by atoms with Crippen LogP contribution in [0, 0.1) is 0 Å². The molecular formula is C15H23ClF2N2O3. The molecule has 2 N–H and O–H groups in total. The van der Waals surface area contributed by atoms with Crippen molar-refractivity contribution in [1.82, 2.24) is 10.2 Å². The van der Waals surface area contributed by atoms with Crippen molar-refractivity contribution in [1.29, 1.82) is 0 Å². The van der Waals surface area contributed by atoms with Crippen LogP contribution in [0.15, 0.2) is 18.2 Å². The van der Waals surface area contributed by atoms with Crippen LogP contribution < -0.4 is 14.8 Å². The molecule has 1 aliphatic rings. The Morgan fingerprint density at radius 1 is 1.22 bits per heavy atom. The number of rotatable bonds is 6. The lowest BCUT2D eigenvalue weighted by Gasteiger charge is -2.39. The molecule has 1 saturated heterocycles. The van der Waals surface area contributed by atoms with Crippen molar-refractivity contribution in [2.24, 2.45) is 0 Å². The molecular weight excluding hydrogens is 330 g/mol. The van der Waals surface area contributed by atoms with Crippen molar-refractivity contribution in [3.63, 3.8) is 0 Å². The monoisotopic (exact) mass is 352 g/mol. The van der Waals surface area contributed by atoms with Crippen LogP contribution >= 0.6 is 12.4 Å². The molecule has 0 saturated carbocycles. The van der Waals surface area contributed by atoms with Gasteiger partial charge in [-0.25, -0.2) is 8.78 Å². The molecule has 1 fully saturated rings. The molecule has 0 spiro atoms. The summed E-state index contributed by atoms with van der Waals surface area (Å²) in [7, 11) is 2.87. The maximum Gasteiger partial charge on any atom is 0.290 e. The lowest BCUT2D eigenvalue weighted by atomic mass is 9.96. The number of methoxy groups -OCH3 is 2. The van der Waals surface area contributed by atoms with Crippen LogP contribution in [0.5, 0.6) is 11.5 Å². The van der Waals surface area contributed by atoms with Crippen molar-refractivity contribution in [3.8, 4) is 11.5 Å². The van der Waals surface area contributed by atoms with Gasteiger partial charge in [0, 0.05) is 26.2 Å². The largest absolute Gasteiger partial charge is 0.496 e. The number of aliphatic hydroxyl groups excluding tert-OH is 1. The van der Waals surface area contributed by atoms with E-state index in [0.29, 0.717) is 37.7 Å². The number of piperazine rings is 1. The van der Waals surface area contributed by atoms with Gasteiger partial charge in [-0.3, -0.25) is 4.90 Å². The van der Waals surface area contributed by atoms with Crippen LogP contribution in [0.2, 0.25) is 0 Å². The van der Waals surface area contributed by atoms with Gasteiger partial charge in [0.05, 0.1) is 19.8 Å². The van der Waals surface area contributed by atoms with Gasteiger partial charge in [-0.2, -0.15) is 0 Å². The molecule has 0 unspecified atom stereocenters. The Morgan fingerprint density at radius 2 is 1.74 bits per heavy atom. The highest BCUT2D eigenvalue weighted by Gasteiger charge is 2.46. The van der Waals surface area contributed by atoms with Gasteiger partial charge >= 0.3 is 0 Å². The Morgan fingerprint density at radius 3 is 2.17 bits per heavy atom. The Labute approximate surface area is 141 Å². The van der Waals surface area contributed by atoms with Crippen LogP contribution in [0.25, 0.3) is 0 Å². The zero-order valence-electron chi connectivity index (χ0n) is 13.2. The number of alkyl halides is 2. The van der Waals surface area contributed by atoms with Crippen molar-refractivity contribution in [2.75, 3.05) is 47.0 Å². The van der Waals surface area contributed by atoms with Crippen LogP contribution in [-0.4, -0.2) is 62.9 Å². The number of hydrogen-bond donors (Lipinski definition) is 2. The van der Waals surface area contributed by atoms with Gasteiger partial charge in [-0.05, 0) is 12.1 Å². The molecule has 0 aromatic heterocycles. The van der Waals surface area contributed by atoms with Crippen molar-refractivity contribution in [3.05, 3.63) is 23.8 Å². The number of halogens is 3. The van der Waals surface area contributed by atoms with Crippen molar-refractivity contribution >= 4 is 12.4 Å². The van der Waals surface area contributed by atoms with Crippen LogP contribution in [-0.2, 0) is 0 Å². The third kappa shape index (κ3) is 4.23. The third-order valence-electron chi connectivity index (χ3n) is 3.87. The van der Waals surface area contributed by atoms with E-state index >= 15 is 0 Å². The predicted molar refractivity (Wildman–Crippen MR) is 86.0 cm³/mol. The van der Waals surface area contributed by atoms with Crippen LogP contribution in [0.4, 0.5) is 8.78 Å². The van der Waals surface area contributed by atoms with E-state index in [2.05, 4.69) is 5.32 Å². The Kier molecular flexibility index (Phi) is 7.47. The van der Waals surface area contributed by atoms with Gasteiger partial charge in [0.25, 0.3) is 5.92 Å². The Bertz CT molecular complexity index is 477. The molecule has 8 heteroatoms. The molecule has 1 aliphatic heterocycles. The van der Waals surface area contributed by atoms with Gasteiger partial charge < -0.3 is 19.9 Å². The normalized spacial score (nSPS) is 17.3. The Hall–Kier alpha value is -1.15.